The number of carbonyl (C=O) groups is 1. The van der Waals surface area contributed by atoms with Crippen LogP contribution in [0.15, 0.2) is 24.3 Å². The van der Waals surface area contributed by atoms with Gasteiger partial charge in [0.05, 0.1) is 0 Å². The Morgan fingerprint density at radius 2 is 1.95 bits per heavy atom. The molecule has 0 unspecified atom stereocenters. The van der Waals surface area contributed by atoms with E-state index in [1.807, 2.05) is 24.3 Å². The lowest BCUT2D eigenvalue weighted by atomic mass is 10.2. The average Bonchev–Trinajstić information content (AvgIpc) is 2.41. The van der Waals surface area contributed by atoms with Crippen molar-refractivity contribution >= 4 is 5.91 Å². The maximum atomic E-state index is 10.6. The summed E-state index contributed by atoms with van der Waals surface area (Å²) in [6.45, 7) is 2.92. The van der Waals surface area contributed by atoms with E-state index in [1.165, 1.54) is 18.4 Å². The summed E-state index contributed by atoms with van der Waals surface area (Å²) in [6, 6.07) is 7.68. The van der Waals surface area contributed by atoms with Crippen molar-refractivity contribution in [3.05, 3.63) is 29.8 Å². The Morgan fingerprint density at radius 1 is 1.25 bits per heavy atom. The fraction of sp³-hybridized carbons (Fsp3) is 0.533. The smallest absolute Gasteiger partial charge is 0.255 e. The second-order valence-electron chi connectivity index (χ2n) is 5.09. The summed E-state index contributed by atoms with van der Waals surface area (Å²) >= 11 is 0. The van der Waals surface area contributed by atoms with Gasteiger partial charge in [0.15, 0.2) is 6.61 Å². The van der Waals surface area contributed by atoms with Crippen LogP contribution in [0.3, 0.4) is 0 Å². The third-order valence-corrected chi connectivity index (χ3v) is 2.84. The summed E-state index contributed by atoms with van der Waals surface area (Å²) in [5.74, 6) is 0.201. The van der Waals surface area contributed by atoms with Gasteiger partial charge >= 0.3 is 0 Å². The Labute approximate surface area is 121 Å². The van der Waals surface area contributed by atoms with E-state index in [9.17, 15) is 4.79 Å². The van der Waals surface area contributed by atoms with Crippen molar-refractivity contribution in [2.75, 3.05) is 33.8 Å². The molecular weight excluding hydrogens is 254 g/mol. The van der Waals surface area contributed by atoms with Gasteiger partial charge in [0.25, 0.3) is 5.91 Å². The zero-order valence-corrected chi connectivity index (χ0v) is 12.4. The number of nitrogens with zero attached hydrogens (tertiary/aromatic N) is 1. The molecule has 5 heteroatoms. The highest BCUT2D eigenvalue weighted by Gasteiger charge is 1.98. The predicted molar refractivity (Wildman–Crippen MR) is 80.6 cm³/mol. The molecule has 0 atom stereocenters. The molecule has 0 heterocycles. The zero-order chi connectivity index (χ0) is 14.8. The van der Waals surface area contributed by atoms with Crippen LogP contribution in [0, 0.1) is 0 Å². The number of nitrogens with one attached hydrogen (secondary N) is 1. The molecule has 1 amide bonds. The molecule has 1 aromatic carbocycles. The molecule has 0 saturated carbocycles. The van der Waals surface area contributed by atoms with Gasteiger partial charge in [0.1, 0.15) is 5.75 Å². The Bertz CT molecular complexity index is 391. The number of rotatable bonds is 10. The monoisotopic (exact) mass is 279 g/mol. The molecule has 0 aliphatic carbocycles. The fourth-order valence-electron chi connectivity index (χ4n) is 1.77. The number of hydrogen-bond acceptors (Lipinski definition) is 4. The van der Waals surface area contributed by atoms with E-state index >= 15 is 0 Å². The summed E-state index contributed by atoms with van der Waals surface area (Å²) in [7, 11) is 4.19. The molecular formula is C15H25N3O2. The zero-order valence-electron chi connectivity index (χ0n) is 12.4. The van der Waals surface area contributed by atoms with Crippen molar-refractivity contribution in [2.45, 2.75) is 19.4 Å². The van der Waals surface area contributed by atoms with Gasteiger partial charge in [0.2, 0.25) is 0 Å². The van der Waals surface area contributed by atoms with Gasteiger partial charge in [-0.15, -0.1) is 0 Å². The average molecular weight is 279 g/mol. The largest absolute Gasteiger partial charge is 0.484 e. The van der Waals surface area contributed by atoms with E-state index in [0.717, 1.165) is 19.6 Å². The van der Waals surface area contributed by atoms with Crippen molar-refractivity contribution in [3.8, 4) is 5.75 Å². The van der Waals surface area contributed by atoms with E-state index in [4.69, 9.17) is 10.5 Å². The minimum atomic E-state index is -0.464. The Morgan fingerprint density at radius 3 is 2.55 bits per heavy atom. The Hall–Kier alpha value is -1.59. The van der Waals surface area contributed by atoms with Gasteiger partial charge in [-0.25, -0.2) is 0 Å². The van der Waals surface area contributed by atoms with Crippen LogP contribution in [-0.2, 0) is 11.3 Å². The van der Waals surface area contributed by atoms with Gasteiger partial charge in [0, 0.05) is 6.54 Å². The topological polar surface area (TPSA) is 67.6 Å². The molecule has 1 aromatic rings. The molecule has 0 aromatic heterocycles. The normalized spacial score (nSPS) is 10.8. The van der Waals surface area contributed by atoms with E-state index in [2.05, 4.69) is 24.3 Å². The quantitative estimate of drug-likeness (QED) is 0.627. The first-order valence-electron chi connectivity index (χ1n) is 6.93. The van der Waals surface area contributed by atoms with E-state index < -0.39 is 5.91 Å². The van der Waals surface area contributed by atoms with Gasteiger partial charge in [-0.05, 0) is 57.7 Å². The third kappa shape index (κ3) is 7.76. The summed E-state index contributed by atoms with van der Waals surface area (Å²) in [5, 5.41) is 3.41. The highest BCUT2D eigenvalue weighted by Crippen LogP contribution is 2.11. The number of hydrogen-bond donors (Lipinski definition) is 2. The van der Waals surface area contributed by atoms with Crippen LogP contribution in [0.4, 0.5) is 0 Å². The van der Waals surface area contributed by atoms with Crippen LogP contribution >= 0.6 is 0 Å². The lowest BCUT2D eigenvalue weighted by Gasteiger charge is -2.09. The molecule has 112 valence electrons. The van der Waals surface area contributed by atoms with Gasteiger partial charge in [-0.2, -0.15) is 0 Å². The van der Waals surface area contributed by atoms with Gasteiger partial charge < -0.3 is 20.7 Å². The van der Waals surface area contributed by atoms with Crippen molar-refractivity contribution in [3.63, 3.8) is 0 Å². The number of carbonyl (C=O) groups excluding carboxylic acids is 1. The second-order valence-corrected chi connectivity index (χ2v) is 5.09. The van der Waals surface area contributed by atoms with Gasteiger partial charge in [-0.3, -0.25) is 4.79 Å². The van der Waals surface area contributed by atoms with E-state index in [0.29, 0.717) is 5.75 Å². The number of nitrogens with two attached hydrogens (primary N) is 1. The lowest BCUT2D eigenvalue weighted by Crippen LogP contribution is -2.20. The standard InChI is InChI=1S/C15H25N3O2/c1-18(2)10-4-3-9-17-11-13-5-7-14(8-6-13)20-12-15(16)19/h5-8,17H,3-4,9-12H2,1-2H3,(H2,16,19). The minimum Gasteiger partial charge on any atom is -0.484 e. The molecule has 0 spiro atoms. The Kier molecular flexibility index (Phi) is 7.69. The highest BCUT2D eigenvalue weighted by atomic mass is 16.5. The maximum Gasteiger partial charge on any atom is 0.255 e. The van der Waals surface area contributed by atoms with Crippen LogP contribution in [0.1, 0.15) is 18.4 Å². The molecule has 0 radical (unpaired) electrons. The molecule has 0 bridgehead atoms. The first-order chi connectivity index (χ1) is 9.58. The summed E-state index contributed by atoms with van der Waals surface area (Å²) in [4.78, 5) is 12.8. The van der Waals surface area contributed by atoms with Gasteiger partial charge in [-0.1, -0.05) is 12.1 Å². The molecule has 0 aliphatic heterocycles. The molecule has 20 heavy (non-hydrogen) atoms. The molecule has 3 N–H and O–H groups in total. The number of ether oxygens (including phenoxy) is 1. The molecule has 0 saturated heterocycles. The molecule has 0 aliphatic rings. The van der Waals surface area contributed by atoms with Crippen LogP contribution < -0.4 is 15.8 Å². The fourth-order valence-corrected chi connectivity index (χ4v) is 1.77. The van der Waals surface area contributed by atoms with Crippen LogP contribution in [0.25, 0.3) is 0 Å². The third-order valence-electron chi connectivity index (χ3n) is 2.84. The predicted octanol–water partition coefficient (Wildman–Crippen LogP) is 0.982. The molecule has 5 nitrogen and oxygen atoms in total. The second kappa shape index (κ2) is 9.34. The number of amides is 1. The molecule has 0 fully saturated rings. The maximum absolute atomic E-state index is 10.6. The Balaban J connectivity index is 2.16. The lowest BCUT2D eigenvalue weighted by molar-refractivity contribution is -0.119. The number of benzene rings is 1. The van der Waals surface area contributed by atoms with Crippen molar-refractivity contribution in [1.82, 2.24) is 10.2 Å². The first-order valence-corrected chi connectivity index (χ1v) is 6.93. The highest BCUT2D eigenvalue weighted by molar-refractivity contribution is 5.75. The van der Waals surface area contributed by atoms with Crippen molar-refractivity contribution in [1.29, 1.82) is 0 Å². The summed E-state index contributed by atoms with van der Waals surface area (Å²) in [5.41, 5.74) is 6.22. The van der Waals surface area contributed by atoms with Crippen LogP contribution in [-0.4, -0.2) is 44.6 Å². The number of primary amides is 1. The van der Waals surface area contributed by atoms with E-state index in [-0.39, 0.29) is 6.61 Å². The number of unbranched alkanes of at least 4 members (excludes halogenated alkanes) is 1. The SMILES string of the molecule is CN(C)CCCCNCc1ccc(OCC(N)=O)cc1. The van der Waals surface area contributed by atoms with Crippen LogP contribution in [0.2, 0.25) is 0 Å². The van der Waals surface area contributed by atoms with E-state index in [1.54, 1.807) is 0 Å². The minimum absolute atomic E-state index is 0.0799. The summed E-state index contributed by atoms with van der Waals surface area (Å²) in [6.07, 6.45) is 2.39. The summed E-state index contributed by atoms with van der Waals surface area (Å²) < 4.78 is 5.20. The molecule has 1 rings (SSSR count). The van der Waals surface area contributed by atoms with Crippen molar-refractivity contribution in [2.24, 2.45) is 5.73 Å². The van der Waals surface area contributed by atoms with Crippen molar-refractivity contribution < 1.29 is 9.53 Å². The van der Waals surface area contributed by atoms with Crippen LogP contribution in [0.5, 0.6) is 5.75 Å². The first kappa shape index (κ1) is 16.5.